The maximum atomic E-state index is 11.1. The number of likely N-dealkylation sites (N-methyl/N-ethyl adjacent to an activating group) is 1. The van der Waals surface area contributed by atoms with Crippen molar-refractivity contribution in [3.05, 3.63) is 5.89 Å². The zero-order valence-corrected chi connectivity index (χ0v) is 9.17. The highest BCUT2D eigenvalue weighted by atomic mass is 35.5. The molecule has 2 N–H and O–H groups in total. The van der Waals surface area contributed by atoms with Crippen LogP contribution in [-0.4, -0.2) is 35.1 Å². The first-order chi connectivity index (χ1) is 7.26. The Morgan fingerprint density at radius 1 is 1.53 bits per heavy atom. The van der Waals surface area contributed by atoms with Gasteiger partial charge < -0.3 is 15.1 Å². The van der Waals surface area contributed by atoms with Gasteiger partial charge in [0.25, 0.3) is 0 Å². The van der Waals surface area contributed by atoms with E-state index in [1.807, 2.05) is 6.92 Å². The lowest BCUT2D eigenvalue weighted by molar-refractivity contribution is -0.119. The van der Waals surface area contributed by atoms with E-state index in [2.05, 4.69) is 20.8 Å². The van der Waals surface area contributed by atoms with Gasteiger partial charge in [0.1, 0.15) is 0 Å². The minimum atomic E-state index is -0.116. The normalized spacial score (nSPS) is 10.0. The summed E-state index contributed by atoms with van der Waals surface area (Å²) in [6, 6.07) is 0.237. The van der Waals surface area contributed by atoms with Gasteiger partial charge in [-0.05, 0) is 6.92 Å². The number of aryl methyl sites for hydroxylation is 1. The van der Waals surface area contributed by atoms with E-state index in [0.29, 0.717) is 24.7 Å². The monoisotopic (exact) mass is 232 g/mol. The second-order valence-electron chi connectivity index (χ2n) is 2.75. The van der Waals surface area contributed by atoms with E-state index in [4.69, 9.17) is 16.0 Å². The third kappa shape index (κ3) is 4.16. The number of aromatic nitrogens is 2. The summed E-state index contributed by atoms with van der Waals surface area (Å²) in [4.78, 5) is 11.1. The maximum Gasteiger partial charge on any atom is 0.315 e. The van der Waals surface area contributed by atoms with Gasteiger partial charge in [-0.25, -0.2) is 0 Å². The highest BCUT2D eigenvalue weighted by molar-refractivity contribution is 6.17. The van der Waals surface area contributed by atoms with E-state index >= 15 is 0 Å². The molecule has 7 heteroatoms. The molecule has 1 amide bonds. The van der Waals surface area contributed by atoms with Crippen molar-refractivity contribution >= 4 is 23.5 Å². The summed E-state index contributed by atoms with van der Waals surface area (Å²) in [5.41, 5.74) is 0. The fourth-order valence-electron chi connectivity index (χ4n) is 0.922. The van der Waals surface area contributed by atoms with Gasteiger partial charge in [-0.1, -0.05) is 5.10 Å². The molecule has 0 aliphatic carbocycles. The molecule has 6 nitrogen and oxygen atoms in total. The Bertz CT molecular complexity index is 315. The summed E-state index contributed by atoms with van der Waals surface area (Å²) < 4.78 is 5.15. The lowest BCUT2D eigenvalue weighted by Crippen LogP contribution is -2.29. The molecule has 0 aliphatic rings. The van der Waals surface area contributed by atoms with Crippen LogP contribution in [0, 0.1) is 0 Å². The van der Waals surface area contributed by atoms with Crippen LogP contribution in [0.15, 0.2) is 4.42 Å². The van der Waals surface area contributed by atoms with Crippen LogP contribution in [0.25, 0.3) is 0 Å². The van der Waals surface area contributed by atoms with Gasteiger partial charge in [0.2, 0.25) is 11.8 Å². The molecule has 0 saturated carbocycles. The average molecular weight is 233 g/mol. The quantitative estimate of drug-likeness (QED) is 0.694. The number of nitrogens with zero attached hydrogens (tertiary/aromatic N) is 2. The molecule has 84 valence electrons. The molecule has 0 fully saturated rings. The van der Waals surface area contributed by atoms with E-state index in [0.717, 1.165) is 0 Å². The Kier molecular flexibility index (Phi) is 4.89. The van der Waals surface area contributed by atoms with Crippen LogP contribution in [0.2, 0.25) is 0 Å². The number of carbonyl (C=O) groups excluding carboxylic acids is 1. The lowest BCUT2D eigenvalue weighted by atomic mass is 10.5. The molecule has 0 bridgehead atoms. The minimum Gasteiger partial charge on any atom is -0.408 e. The summed E-state index contributed by atoms with van der Waals surface area (Å²) in [5.74, 6) is 0.774. The van der Waals surface area contributed by atoms with Gasteiger partial charge in [0, 0.05) is 18.8 Å². The summed E-state index contributed by atoms with van der Waals surface area (Å²) in [7, 11) is 0. The Hall–Kier alpha value is -1.30. The summed E-state index contributed by atoms with van der Waals surface area (Å²) in [6.07, 6.45) is 0.525. The standard InChI is InChI=1S/C8H13ClN4O2/c1-2-10-6(14)5-11-8-13-12-7(15-8)3-4-9/h2-5H2,1H3,(H,10,14)(H,11,13). The van der Waals surface area contributed by atoms with Crippen molar-refractivity contribution in [1.82, 2.24) is 15.5 Å². The van der Waals surface area contributed by atoms with Gasteiger partial charge in [-0.3, -0.25) is 4.79 Å². The van der Waals surface area contributed by atoms with E-state index in [1.54, 1.807) is 0 Å². The molecule has 1 aromatic heterocycles. The van der Waals surface area contributed by atoms with Crippen LogP contribution in [-0.2, 0) is 11.2 Å². The van der Waals surface area contributed by atoms with Gasteiger partial charge in [-0.15, -0.1) is 16.7 Å². The summed E-state index contributed by atoms with van der Waals surface area (Å²) >= 11 is 5.50. The molecule has 0 saturated heterocycles. The molecule has 0 spiro atoms. The topological polar surface area (TPSA) is 80.0 Å². The van der Waals surface area contributed by atoms with E-state index < -0.39 is 0 Å². The number of halogens is 1. The fraction of sp³-hybridized carbons (Fsp3) is 0.625. The van der Waals surface area contributed by atoms with Gasteiger partial charge in [-0.2, -0.15) is 0 Å². The molecule has 1 rings (SSSR count). The molecule has 1 heterocycles. The number of rotatable bonds is 6. The zero-order chi connectivity index (χ0) is 11.1. The van der Waals surface area contributed by atoms with Crippen molar-refractivity contribution in [2.24, 2.45) is 0 Å². The smallest absolute Gasteiger partial charge is 0.315 e. The van der Waals surface area contributed by atoms with Crippen molar-refractivity contribution in [2.45, 2.75) is 13.3 Å². The molecule has 1 aromatic rings. The molecular formula is C8H13ClN4O2. The largest absolute Gasteiger partial charge is 0.408 e. The summed E-state index contributed by atoms with van der Waals surface area (Å²) in [5, 5.41) is 12.8. The zero-order valence-electron chi connectivity index (χ0n) is 8.42. The van der Waals surface area contributed by atoms with Crippen molar-refractivity contribution in [2.75, 3.05) is 24.3 Å². The van der Waals surface area contributed by atoms with Crippen LogP contribution >= 0.6 is 11.6 Å². The SMILES string of the molecule is CCNC(=O)CNc1nnc(CCCl)o1. The third-order valence-electron chi connectivity index (χ3n) is 1.55. The first-order valence-corrected chi connectivity index (χ1v) is 5.18. The van der Waals surface area contributed by atoms with Crippen LogP contribution in [0.1, 0.15) is 12.8 Å². The molecule has 0 aromatic carbocycles. The summed E-state index contributed by atoms with van der Waals surface area (Å²) in [6.45, 7) is 2.57. The van der Waals surface area contributed by atoms with Gasteiger partial charge >= 0.3 is 6.01 Å². The van der Waals surface area contributed by atoms with E-state index in [1.165, 1.54) is 0 Å². The first kappa shape index (κ1) is 11.8. The van der Waals surface area contributed by atoms with Gasteiger partial charge in [0.15, 0.2) is 0 Å². The predicted octanol–water partition coefficient (Wildman–Crippen LogP) is 0.399. The number of nitrogens with one attached hydrogen (secondary N) is 2. The molecular weight excluding hydrogens is 220 g/mol. The second kappa shape index (κ2) is 6.23. The molecule has 0 atom stereocenters. The van der Waals surface area contributed by atoms with Crippen molar-refractivity contribution in [3.63, 3.8) is 0 Å². The number of anilines is 1. The Morgan fingerprint density at radius 2 is 2.33 bits per heavy atom. The van der Waals surface area contributed by atoms with Gasteiger partial charge in [0.05, 0.1) is 6.54 Å². The fourth-order valence-corrected chi connectivity index (χ4v) is 1.08. The van der Waals surface area contributed by atoms with Crippen molar-refractivity contribution in [3.8, 4) is 0 Å². The Morgan fingerprint density at radius 3 is 3.00 bits per heavy atom. The van der Waals surface area contributed by atoms with Crippen molar-refractivity contribution in [1.29, 1.82) is 0 Å². The lowest BCUT2D eigenvalue weighted by Gasteiger charge is -2.00. The number of hydrogen-bond acceptors (Lipinski definition) is 5. The molecule has 15 heavy (non-hydrogen) atoms. The number of alkyl halides is 1. The first-order valence-electron chi connectivity index (χ1n) is 4.65. The van der Waals surface area contributed by atoms with E-state index in [-0.39, 0.29) is 18.5 Å². The highest BCUT2D eigenvalue weighted by Crippen LogP contribution is 2.05. The third-order valence-corrected chi connectivity index (χ3v) is 1.74. The van der Waals surface area contributed by atoms with Crippen LogP contribution in [0.3, 0.4) is 0 Å². The molecule has 0 aliphatic heterocycles. The van der Waals surface area contributed by atoms with Crippen molar-refractivity contribution < 1.29 is 9.21 Å². The highest BCUT2D eigenvalue weighted by Gasteiger charge is 2.06. The maximum absolute atomic E-state index is 11.1. The van der Waals surface area contributed by atoms with E-state index in [9.17, 15) is 4.79 Å². The second-order valence-corrected chi connectivity index (χ2v) is 3.12. The Balaban J connectivity index is 2.34. The number of amides is 1. The molecule has 0 radical (unpaired) electrons. The average Bonchev–Trinajstić information content (AvgIpc) is 2.64. The number of hydrogen-bond donors (Lipinski definition) is 2. The minimum absolute atomic E-state index is 0.116. The molecule has 0 unspecified atom stereocenters. The van der Waals surface area contributed by atoms with Crippen LogP contribution < -0.4 is 10.6 Å². The Labute approximate surface area is 92.4 Å². The van der Waals surface area contributed by atoms with Crippen LogP contribution in [0.5, 0.6) is 0 Å². The predicted molar refractivity (Wildman–Crippen MR) is 55.9 cm³/mol. The van der Waals surface area contributed by atoms with Crippen LogP contribution in [0.4, 0.5) is 6.01 Å². The number of carbonyl (C=O) groups is 1.